The number of carbonyl (C=O) groups excluding carboxylic acids is 1. The first-order valence-electron chi connectivity index (χ1n) is 16.2. The Balaban J connectivity index is 1.38. The van der Waals surface area contributed by atoms with Crippen LogP contribution in [0.4, 0.5) is 5.69 Å². The Morgan fingerprint density at radius 2 is 1.91 bits per heavy atom. The molecule has 2 atom stereocenters. The van der Waals surface area contributed by atoms with Gasteiger partial charge < -0.3 is 14.2 Å². The summed E-state index contributed by atoms with van der Waals surface area (Å²) in [6.07, 6.45) is 14.3. The number of amides is 1. The van der Waals surface area contributed by atoms with Crippen molar-refractivity contribution in [3.05, 3.63) is 84.5 Å². The van der Waals surface area contributed by atoms with Gasteiger partial charge in [0, 0.05) is 43.1 Å². The first kappa shape index (κ1) is 31.2. The zero-order valence-electron chi connectivity index (χ0n) is 27.6. The van der Waals surface area contributed by atoms with E-state index in [9.17, 15) is 4.79 Å². The zero-order valence-corrected chi connectivity index (χ0v) is 28.6. The minimum Gasteiger partial charge on any atom is -0.412 e. The van der Waals surface area contributed by atoms with Crippen LogP contribution in [0.15, 0.2) is 67.8 Å². The number of anilines is 1. The lowest BCUT2D eigenvalue weighted by molar-refractivity contribution is 0.0215. The molecule has 0 saturated heterocycles. The fourth-order valence-electron chi connectivity index (χ4n) is 6.56. The summed E-state index contributed by atoms with van der Waals surface area (Å²) >= 11 is 0. The van der Waals surface area contributed by atoms with E-state index in [1.54, 1.807) is 4.68 Å². The van der Waals surface area contributed by atoms with Gasteiger partial charge >= 0.3 is 0 Å². The van der Waals surface area contributed by atoms with E-state index >= 15 is 0 Å². The number of benzene rings is 1. The van der Waals surface area contributed by atoms with Gasteiger partial charge in [-0.3, -0.25) is 19.4 Å². The number of carbonyl (C=O) groups is 1. The van der Waals surface area contributed by atoms with Crippen molar-refractivity contribution in [2.24, 2.45) is 7.05 Å². The van der Waals surface area contributed by atoms with Crippen LogP contribution in [0.5, 0.6) is 0 Å². The van der Waals surface area contributed by atoms with E-state index in [1.165, 1.54) is 0 Å². The summed E-state index contributed by atoms with van der Waals surface area (Å²) in [5, 5.41) is 5.43. The Hall–Kier alpha value is -3.82. The van der Waals surface area contributed by atoms with Crippen molar-refractivity contribution in [1.82, 2.24) is 24.6 Å². The number of hydrogen-bond donors (Lipinski definition) is 0. The van der Waals surface area contributed by atoms with Crippen LogP contribution in [-0.2, 0) is 17.9 Å². The van der Waals surface area contributed by atoms with Crippen LogP contribution in [0.1, 0.15) is 67.9 Å². The molecule has 0 N–H and O–H groups in total. The maximum atomic E-state index is 14.6. The minimum absolute atomic E-state index is 0.0351. The largest absolute Gasteiger partial charge is 0.412 e. The molecule has 1 aliphatic heterocycles. The molecular weight excluding hydrogens is 577 g/mol. The molecule has 1 aliphatic carbocycles. The maximum absolute atomic E-state index is 14.6. The first-order chi connectivity index (χ1) is 21.5. The minimum atomic E-state index is -2.03. The average Bonchev–Trinajstić information content (AvgIpc) is 3.45. The van der Waals surface area contributed by atoms with Gasteiger partial charge in [0.15, 0.2) is 8.32 Å². The predicted octanol–water partition coefficient (Wildman–Crippen LogP) is 7.36. The highest BCUT2D eigenvalue weighted by Gasteiger charge is 2.45. The number of pyridine rings is 2. The molecule has 0 spiro atoms. The third kappa shape index (κ3) is 6.08. The van der Waals surface area contributed by atoms with E-state index < -0.39 is 8.32 Å². The van der Waals surface area contributed by atoms with Gasteiger partial charge in [0.05, 0.1) is 47.5 Å². The van der Waals surface area contributed by atoms with Crippen LogP contribution >= 0.6 is 0 Å². The predicted molar refractivity (Wildman–Crippen MR) is 184 cm³/mol. The highest BCUT2D eigenvalue weighted by atomic mass is 28.4. The normalized spacial score (nSPS) is 19.2. The quantitative estimate of drug-likeness (QED) is 0.151. The summed E-state index contributed by atoms with van der Waals surface area (Å²) < 4.78 is 8.82. The van der Waals surface area contributed by atoms with Crippen LogP contribution in [0, 0.1) is 0 Å². The molecule has 1 fully saturated rings. The van der Waals surface area contributed by atoms with Crippen molar-refractivity contribution >= 4 is 30.8 Å². The zero-order chi connectivity index (χ0) is 31.9. The lowest BCUT2D eigenvalue weighted by atomic mass is 9.89. The van der Waals surface area contributed by atoms with Crippen LogP contribution in [0.3, 0.4) is 0 Å². The van der Waals surface area contributed by atoms with Gasteiger partial charge in [0.1, 0.15) is 0 Å². The van der Waals surface area contributed by atoms with Gasteiger partial charge in [-0.15, -0.1) is 6.58 Å². The molecule has 0 unspecified atom stereocenters. The monoisotopic (exact) mass is 622 g/mol. The summed E-state index contributed by atoms with van der Waals surface area (Å²) in [5.41, 5.74) is 6.48. The Kier molecular flexibility index (Phi) is 8.43. The van der Waals surface area contributed by atoms with E-state index in [0.29, 0.717) is 25.2 Å². The fraction of sp³-hybridized carbons (Fsp3) is 0.444. The first-order valence-corrected chi connectivity index (χ1v) is 19.1. The van der Waals surface area contributed by atoms with Gasteiger partial charge in [0.25, 0.3) is 5.91 Å². The summed E-state index contributed by atoms with van der Waals surface area (Å²) in [4.78, 5) is 28.6. The highest BCUT2D eigenvalue weighted by Crippen LogP contribution is 2.42. The SMILES string of the molecule is C=CCN1CN([C@H]2CCCC[C@@H]2O[Si](C)(C)C(C)(C)C)C(=O)c2cc(Cc3ccc(-c4cnn(C)c4)nc3)c3cccnc3c21. The van der Waals surface area contributed by atoms with Crippen molar-refractivity contribution in [2.75, 3.05) is 18.1 Å². The van der Waals surface area contributed by atoms with Gasteiger partial charge in [0.2, 0.25) is 0 Å². The molecule has 2 aliphatic rings. The van der Waals surface area contributed by atoms with Crippen molar-refractivity contribution in [1.29, 1.82) is 0 Å². The molecule has 1 aromatic carbocycles. The van der Waals surface area contributed by atoms with E-state index in [1.807, 2.05) is 50.0 Å². The number of fused-ring (bicyclic) bond motifs is 3. The fourth-order valence-corrected chi connectivity index (χ4v) is 7.95. The van der Waals surface area contributed by atoms with E-state index in [-0.39, 0.29) is 23.1 Å². The molecule has 9 heteroatoms. The molecule has 0 radical (unpaired) electrons. The molecule has 236 valence electrons. The number of nitrogens with zero attached hydrogens (tertiary/aromatic N) is 6. The van der Waals surface area contributed by atoms with E-state index in [4.69, 9.17) is 14.4 Å². The number of rotatable bonds is 8. The summed E-state index contributed by atoms with van der Waals surface area (Å²) in [6.45, 7) is 16.7. The summed E-state index contributed by atoms with van der Waals surface area (Å²) in [6, 6.07) is 10.4. The van der Waals surface area contributed by atoms with Crippen LogP contribution < -0.4 is 4.90 Å². The average molecular weight is 623 g/mol. The number of hydrogen-bond acceptors (Lipinski definition) is 6. The van der Waals surface area contributed by atoms with Gasteiger partial charge in [-0.1, -0.05) is 51.8 Å². The molecule has 45 heavy (non-hydrogen) atoms. The van der Waals surface area contributed by atoms with Crippen molar-refractivity contribution < 1.29 is 9.22 Å². The Bertz CT molecular complexity index is 1710. The molecule has 8 nitrogen and oxygen atoms in total. The second-order valence-corrected chi connectivity index (χ2v) is 18.9. The topological polar surface area (TPSA) is 76.4 Å². The lowest BCUT2D eigenvalue weighted by Gasteiger charge is -2.48. The molecule has 4 heterocycles. The van der Waals surface area contributed by atoms with E-state index in [2.05, 4.69) is 73.5 Å². The molecule has 6 rings (SSSR count). The highest BCUT2D eigenvalue weighted by molar-refractivity contribution is 6.74. The maximum Gasteiger partial charge on any atom is 0.257 e. The summed E-state index contributed by atoms with van der Waals surface area (Å²) in [7, 11) is -0.121. The smallest absolute Gasteiger partial charge is 0.257 e. The summed E-state index contributed by atoms with van der Waals surface area (Å²) in [5.74, 6) is 0.0693. The molecule has 0 bridgehead atoms. The molecule has 1 amide bonds. The Labute approximate surface area is 268 Å². The van der Waals surface area contributed by atoms with Crippen LogP contribution in [-0.4, -0.2) is 64.2 Å². The standard InChI is InChI=1S/C36H46N6O2Si/c1-8-18-41-24-42(31-13-9-10-14-32(31)44-45(6,7)36(2,3)4)35(43)29-20-26(28-12-11-17-37-33(28)34(29)41)19-25-15-16-30(38-21-25)27-22-39-40(5)23-27/h8,11-12,15-17,20-23,31-32H,1,9-10,13-14,18-19,24H2,2-7H3/t31-,32-/m0/s1. The molecule has 1 saturated carbocycles. The third-order valence-corrected chi connectivity index (χ3v) is 14.5. The van der Waals surface area contributed by atoms with Crippen molar-refractivity contribution in [3.63, 3.8) is 0 Å². The number of aryl methyl sites for hydroxylation is 1. The van der Waals surface area contributed by atoms with Gasteiger partial charge in [-0.05, 0) is 66.7 Å². The van der Waals surface area contributed by atoms with Crippen molar-refractivity contribution in [2.45, 2.75) is 83.2 Å². The second-order valence-electron chi connectivity index (χ2n) is 14.2. The van der Waals surface area contributed by atoms with Crippen molar-refractivity contribution in [3.8, 4) is 11.3 Å². The van der Waals surface area contributed by atoms with Crippen LogP contribution in [0.25, 0.3) is 22.2 Å². The van der Waals surface area contributed by atoms with Crippen LogP contribution in [0.2, 0.25) is 18.1 Å². The van der Waals surface area contributed by atoms with Gasteiger partial charge in [-0.25, -0.2) is 0 Å². The van der Waals surface area contributed by atoms with E-state index in [0.717, 1.165) is 64.7 Å². The lowest BCUT2D eigenvalue weighted by Crippen LogP contribution is -2.58. The third-order valence-electron chi connectivity index (χ3n) is 9.97. The Morgan fingerprint density at radius 3 is 2.60 bits per heavy atom. The molecule has 4 aromatic rings. The molecular formula is C36H46N6O2Si. The Morgan fingerprint density at radius 1 is 1.11 bits per heavy atom. The molecule has 3 aromatic heterocycles. The van der Waals surface area contributed by atoms with Gasteiger partial charge in [-0.2, -0.15) is 5.10 Å². The number of aromatic nitrogens is 4. The second kappa shape index (κ2) is 12.2.